The summed E-state index contributed by atoms with van der Waals surface area (Å²) < 4.78 is 2.42. The van der Waals surface area contributed by atoms with Crippen LogP contribution in [0.15, 0.2) is 54.6 Å². The highest BCUT2D eigenvalue weighted by molar-refractivity contribution is 6.00. The number of rotatable bonds is 10. The number of hydrogen-bond donors (Lipinski definition) is 2. The SMILES string of the molecule is C=c1[nH]c(=C)c2c1c(-c1ccccc1C)c(CC(CC)CC)n2-c1ccccc1.CCCC(O)CCC. The van der Waals surface area contributed by atoms with Crippen LogP contribution in [0.1, 0.15) is 77.5 Å². The Morgan fingerprint density at radius 2 is 1.43 bits per heavy atom. The fraction of sp³-hybridized carbons (Fsp3) is 0.412. The van der Waals surface area contributed by atoms with Gasteiger partial charge in [0, 0.05) is 27.7 Å². The summed E-state index contributed by atoms with van der Waals surface area (Å²) in [5, 5.41) is 12.1. The van der Waals surface area contributed by atoms with Gasteiger partial charge in [0.15, 0.2) is 0 Å². The van der Waals surface area contributed by atoms with E-state index in [4.69, 9.17) is 5.11 Å². The molecule has 37 heavy (non-hydrogen) atoms. The van der Waals surface area contributed by atoms with Crippen LogP contribution in [0.4, 0.5) is 0 Å². The van der Waals surface area contributed by atoms with E-state index in [1.54, 1.807) is 0 Å². The highest BCUT2D eigenvalue weighted by Gasteiger charge is 2.24. The fourth-order valence-electron chi connectivity index (χ4n) is 5.37. The maximum absolute atomic E-state index is 9.05. The number of aryl methyl sites for hydroxylation is 1. The number of aromatic nitrogens is 2. The minimum atomic E-state index is -0.0370. The molecule has 0 unspecified atom stereocenters. The van der Waals surface area contributed by atoms with Crippen LogP contribution in [-0.2, 0) is 6.42 Å². The third-order valence-electron chi connectivity index (χ3n) is 7.47. The fourth-order valence-corrected chi connectivity index (χ4v) is 5.37. The highest BCUT2D eigenvalue weighted by Crippen LogP contribution is 2.37. The lowest BCUT2D eigenvalue weighted by Gasteiger charge is -2.18. The van der Waals surface area contributed by atoms with E-state index in [1.807, 2.05) is 0 Å². The molecule has 4 rings (SSSR count). The molecule has 0 bridgehead atoms. The first-order valence-corrected chi connectivity index (χ1v) is 14.1. The Balaban J connectivity index is 0.000000414. The zero-order valence-corrected chi connectivity index (χ0v) is 23.6. The topological polar surface area (TPSA) is 41.0 Å². The Morgan fingerprint density at radius 1 is 0.838 bits per heavy atom. The van der Waals surface area contributed by atoms with Gasteiger partial charge in [0.1, 0.15) is 0 Å². The van der Waals surface area contributed by atoms with Crippen LogP contribution >= 0.6 is 0 Å². The maximum Gasteiger partial charge on any atom is 0.0788 e. The molecule has 0 aliphatic heterocycles. The summed E-state index contributed by atoms with van der Waals surface area (Å²) in [7, 11) is 0. The quantitative estimate of drug-likeness (QED) is 0.231. The minimum Gasteiger partial charge on any atom is -0.393 e. The number of nitrogens with one attached hydrogen (secondary N) is 1. The van der Waals surface area contributed by atoms with Gasteiger partial charge in [-0.3, -0.25) is 0 Å². The second kappa shape index (κ2) is 13.5. The highest BCUT2D eigenvalue weighted by atomic mass is 16.3. The molecule has 0 saturated heterocycles. The van der Waals surface area contributed by atoms with Gasteiger partial charge in [-0.25, -0.2) is 0 Å². The van der Waals surface area contributed by atoms with Crippen molar-refractivity contribution in [2.45, 2.75) is 85.7 Å². The standard InChI is InChI=1S/C27H30N2.C7H16O/c1-6-21(7-2)17-24-26(23-16-12-11-13-18(23)3)25-19(4)28-20(5)27(25)29(24)22-14-9-8-10-15-22;1-3-5-7(8)6-4-2/h8-16,21,28H,4-7,17H2,1-3H3;7-8H,3-6H2,1-2H3. The van der Waals surface area contributed by atoms with Crippen molar-refractivity contribution in [1.29, 1.82) is 0 Å². The monoisotopic (exact) mass is 498 g/mol. The van der Waals surface area contributed by atoms with Crippen LogP contribution in [0.5, 0.6) is 0 Å². The summed E-state index contributed by atoms with van der Waals surface area (Å²) in [6.45, 7) is 19.7. The van der Waals surface area contributed by atoms with Gasteiger partial charge in [-0.15, -0.1) is 0 Å². The molecule has 4 aromatic rings. The molecule has 0 aliphatic carbocycles. The predicted octanol–water partition coefficient (Wildman–Crippen LogP) is 7.68. The smallest absolute Gasteiger partial charge is 0.0788 e. The van der Waals surface area contributed by atoms with Gasteiger partial charge in [-0.1, -0.05) is 109 Å². The number of hydrogen-bond acceptors (Lipinski definition) is 1. The molecule has 3 heteroatoms. The van der Waals surface area contributed by atoms with E-state index in [0.29, 0.717) is 5.92 Å². The normalized spacial score (nSPS) is 11.4. The van der Waals surface area contributed by atoms with Gasteiger partial charge >= 0.3 is 0 Å². The third-order valence-corrected chi connectivity index (χ3v) is 7.47. The Morgan fingerprint density at radius 3 is 2.00 bits per heavy atom. The number of aliphatic hydroxyl groups excluding tert-OH is 1. The molecule has 2 aromatic heterocycles. The number of para-hydroxylation sites is 1. The predicted molar refractivity (Wildman–Crippen MR) is 162 cm³/mol. The molecule has 2 aromatic carbocycles. The van der Waals surface area contributed by atoms with Crippen molar-refractivity contribution < 1.29 is 5.11 Å². The number of aliphatic hydroxyl groups is 1. The largest absolute Gasteiger partial charge is 0.393 e. The Kier molecular flexibility index (Phi) is 10.4. The van der Waals surface area contributed by atoms with Crippen LogP contribution in [0.2, 0.25) is 0 Å². The van der Waals surface area contributed by atoms with Crippen molar-refractivity contribution >= 4 is 24.1 Å². The molecule has 0 radical (unpaired) electrons. The summed E-state index contributed by atoms with van der Waals surface area (Å²) in [5.41, 5.74) is 7.59. The van der Waals surface area contributed by atoms with E-state index in [0.717, 1.165) is 48.3 Å². The average Bonchev–Trinajstić information content (AvgIpc) is 3.38. The maximum atomic E-state index is 9.05. The molecule has 0 amide bonds. The Labute approximate surface area is 223 Å². The lowest BCUT2D eigenvalue weighted by molar-refractivity contribution is 0.153. The van der Waals surface area contributed by atoms with Gasteiger partial charge in [0.05, 0.1) is 17.0 Å². The van der Waals surface area contributed by atoms with Crippen molar-refractivity contribution in [3.8, 4) is 16.8 Å². The van der Waals surface area contributed by atoms with Crippen molar-refractivity contribution in [2.75, 3.05) is 0 Å². The van der Waals surface area contributed by atoms with Crippen LogP contribution in [0, 0.1) is 12.8 Å². The average molecular weight is 499 g/mol. The van der Waals surface area contributed by atoms with Gasteiger partial charge in [0.2, 0.25) is 0 Å². The van der Waals surface area contributed by atoms with E-state index >= 15 is 0 Å². The van der Waals surface area contributed by atoms with E-state index in [-0.39, 0.29) is 6.10 Å². The summed E-state index contributed by atoms with van der Waals surface area (Å²) in [6, 6.07) is 19.3. The number of nitrogens with zero attached hydrogens (tertiary/aromatic N) is 1. The van der Waals surface area contributed by atoms with Gasteiger partial charge in [-0.05, 0) is 55.4 Å². The van der Waals surface area contributed by atoms with Crippen molar-refractivity contribution in [3.05, 3.63) is 76.6 Å². The van der Waals surface area contributed by atoms with Crippen LogP contribution in [0.25, 0.3) is 40.9 Å². The number of aromatic amines is 1. The molecule has 0 spiro atoms. The summed E-state index contributed by atoms with van der Waals surface area (Å²) in [4.78, 5) is 3.40. The third kappa shape index (κ3) is 6.45. The van der Waals surface area contributed by atoms with Crippen LogP contribution in [-0.4, -0.2) is 20.8 Å². The first kappa shape index (κ1) is 28.5. The second-order valence-corrected chi connectivity index (χ2v) is 10.2. The zero-order chi connectivity index (χ0) is 26.9. The van der Waals surface area contributed by atoms with Gasteiger partial charge in [-0.2, -0.15) is 0 Å². The molecule has 3 nitrogen and oxygen atoms in total. The van der Waals surface area contributed by atoms with E-state index in [9.17, 15) is 0 Å². The van der Waals surface area contributed by atoms with Crippen molar-refractivity contribution in [1.82, 2.24) is 9.55 Å². The van der Waals surface area contributed by atoms with E-state index < -0.39 is 0 Å². The Bertz CT molecular complexity index is 1350. The first-order valence-electron chi connectivity index (χ1n) is 14.1. The molecule has 198 valence electrons. The number of H-pyrrole nitrogens is 1. The zero-order valence-electron chi connectivity index (χ0n) is 23.6. The minimum absolute atomic E-state index is 0.0370. The molecular weight excluding hydrogens is 452 g/mol. The van der Waals surface area contributed by atoms with E-state index in [2.05, 4.69) is 112 Å². The molecular formula is C34H46N2O. The van der Waals surface area contributed by atoms with Crippen LogP contribution < -0.4 is 10.7 Å². The molecule has 0 fully saturated rings. The Hall–Kier alpha value is -3.04. The second-order valence-electron chi connectivity index (χ2n) is 10.2. The van der Waals surface area contributed by atoms with Crippen LogP contribution in [0.3, 0.4) is 0 Å². The molecule has 0 atom stereocenters. The molecule has 2 N–H and O–H groups in total. The first-order chi connectivity index (χ1) is 17.9. The molecule has 0 saturated carbocycles. The van der Waals surface area contributed by atoms with Crippen molar-refractivity contribution in [2.24, 2.45) is 5.92 Å². The molecule has 2 heterocycles. The van der Waals surface area contributed by atoms with Gasteiger partial charge in [0.25, 0.3) is 0 Å². The molecule has 0 aliphatic rings. The summed E-state index contributed by atoms with van der Waals surface area (Å²) in [6.07, 6.45) is 7.48. The van der Waals surface area contributed by atoms with Crippen molar-refractivity contribution in [3.63, 3.8) is 0 Å². The van der Waals surface area contributed by atoms with Gasteiger partial charge < -0.3 is 14.7 Å². The number of fused-ring (bicyclic) bond motifs is 1. The summed E-state index contributed by atoms with van der Waals surface area (Å²) >= 11 is 0. The number of benzene rings is 2. The van der Waals surface area contributed by atoms with E-state index in [1.165, 1.54) is 46.3 Å². The lowest BCUT2D eigenvalue weighted by atomic mass is 9.91. The summed E-state index contributed by atoms with van der Waals surface area (Å²) in [5.74, 6) is 0.643. The lowest BCUT2D eigenvalue weighted by Crippen LogP contribution is -2.14.